The van der Waals surface area contributed by atoms with Gasteiger partial charge in [0, 0.05) is 17.4 Å². The van der Waals surface area contributed by atoms with Gasteiger partial charge in [0.2, 0.25) is 11.7 Å². The maximum absolute atomic E-state index is 12.2. The van der Waals surface area contributed by atoms with Crippen molar-refractivity contribution in [2.75, 3.05) is 11.1 Å². The Kier molecular flexibility index (Phi) is 5.41. The van der Waals surface area contributed by atoms with Crippen LogP contribution in [0.3, 0.4) is 0 Å². The zero-order valence-corrected chi connectivity index (χ0v) is 15.8. The van der Waals surface area contributed by atoms with Gasteiger partial charge in [-0.15, -0.1) is 10.2 Å². The molecule has 0 aliphatic rings. The minimum Gasteiger partial charge on any atom is -0.325 e. The second kappa shape index (κ2) is 7.74. The molecule has 0 aliphatic heterocycles. The zero-order valence-electron chi connectivity index (χ0n) is 14.9. The zero-order chi connectivity index (χ0) is 18.7. The van der Waals surface area contributed by atoms with Gasteiger partial charge in [0.05, 0.1) is 5.75 Å². The fourth-order valence-corrected chi connectivity index (χ4v) is 3.35. The number of anilines is 1. The molecule has 0 bridgehead atoms. The maximum Gasteiger partial charge on any atom is 0.252 e. The lowest BCUT2D eigenvalue weighted by molar-refractivity contribution is -0.113. The quantitative estimate of drug-likeness (QED) is 0.650. The summed E-state index contributed by atoms with van der Waals surface area (Å²) in [7, 11) is 0. The second-order valence-corrected chi connectivity index (χ2v) is 7.18. The Morgan fingerprint density at radius 1 is 1.27 bits per heavy atom. The molecule has 0 atom stereocenters. The summed E-state index contributed by atoms with van der Waals surface area (Å²) in [6.45, 7) is 6.08. The number of hydrogen-bond donors (Lipinski definition) is 2. The van der Waals surface area contributed by atoms with Crippen molar-refractivity contribution < 1.29 is 4.79 Å². The van der Waals surface area contributed by atoms with Crippen LogP contribution in [0.15, 0.2) is 40.3 Å². The molecule has 0 aliphatic carbocycles. The minimum atomic E-state index is -0.210. The van der Waals surface area contributed by atoms with Crippen LogP contribution in [0.1, 0.15) is 37.9 Å². The topological polar surface area (TPSA) is 92.2 Å². The number of rotatable bonds is 6. The number of thioether (sulfide) groups is 1. The number of aryl methyl sites for hydroxylation is 1. The molecule has 2 aromatic heterocycles. The number of hydrogen-bond acceptors (Lipinski definition) is 5. The van der Waals surface area contributed by atoms with Gasteiger partial charge >= 0.3 is 0 Å². The van der Waals surface area contributed by atoms with E-state index in [0.29, 0.717) is 10.9 Å². The Morgan fingerprint density at radius 2 is 2.00 bits per heavy atom. The third-order valence-corrected chi connectivity index (χ3v) is 4.90. The summed E-state index contributed by atoms with van der Waals surface area (Å²) in [4.78, 5) is 26.6. The number of nitrogens with one attached hydrogen (secondary N) is 2. The summed E-state index contributed by atoms with van der Waals surface area (Å²) in [6, 6.07) is 9.34. The first-order chi connectivity index (χ1) is 12.5. The van der Waals surface area contributed by atoms with Crippen LogP contribution in [0, 0.1) is 0 Å². The molecule has 26 heavy (non-hydrogen) atoms. The third-order valence-electron chi connectivity index (χ3n) is 3.98. The first kappa shape index (κ1) is 18.2. The van der Waals surface area contributed by atoms with E-state index in [1.165, 1.54) is 17.3 Å². The van der Waals surface area contributed by atoms with E-state index in [2.05, 4.69) is 27.4 Å². The highest BCUT2D eigenvalue weighted by Gasteiger charge is 2.15. The van der Waals surface area contributed by atoms with Crippen LogP contribution in [0.2, 0.25) is 0 Å². The predicted octanol–water partition coefficient (Wildman–Crippen LogP) is 2.83. The Hall–Kier alpha value is -2.61. The van der Waals surface area contributed by atoms with Crippen LogP contribution in [0.4, 0.5) is 5.69 Å². The summed E-state index contributed by atoms with van der Waals surface area (Å²) in [5, 5.41) is 11.6. The Morgan fingerprint density at radius 3 is 2.65 bits per heavy atom. The molecule has 0 saturated heterocycles. The molecular weight excluding hydrogens is 350 g/mol. The second-order valence-electron chi connectivity index (χ2n) is 6.24. The van der Waals surface area contributed by atoms with Crippen molar-refractivity contribution >= 4 is 29.1 Å². The molecule has 3 rings (SSSR count). The van der Waals surface area contributed by atoms with Gasteiger partial charge in [0.25, 0.3) is 5.56 Å². The van der Waals surface area contributed by atoms with E-state index in [1.807, 2.05) is 38.1 Å². The molecular formula is C18H21N5O2S. The summed E-state index contributed by atoms with van der Waals surface area (Å²) in [5.41, 5.74) is 2.60. The van der Waals surface area contributed by atoms with E-state index in [4.69, 9.17) is 0 Å². The van der Waals surface area contributed by atoms with Gasteiger partial charge in [0.1, 0.15) is 0 Å². The molecule has 1 amide bonds. The SMILES string of the molecule is CCc1ccc(NC(=O)CSc2nnc3[nH]c(=O)cc(C(C)C)n23)cc1. The first-order valence-electron chi connectivity index (χ1n) is 8.48. The van der Waals surface area contributed by atoms with Gasteiger partial charge in [-0.05, 0) is 30.0 Å². The molecule has 0 spiro atoms. The van der Waals surface area contributed by atoms with Crippen LogP contribution in [0.5, 0.6) is 0 Å². The predicted molar refractivity (Wildman–Crippen MR) is 103 cm³/mol. The van der Waals surface area contributed by atoms with Crippen LogP contribution in [-0.4, -0.2) is 31.2 Å². The number of aromatic nitrogens is 4. The third kappa shape index (κ3) is 3.96. The average Bonchev–Trinajstić information content (AvgIpc) is 3.02. The Labute approximate surface area is 155 Å². The van der Waals surface area contributed by atoms with Gasteiger partial charge < -0.3 is 5.32 Å². The highest BCUT2D eigenvalue weighted by Crippen LogP contribution is 2.21. The van der Waals surface area contributed by atoms with Crippen molar-refractivity contribution in [1.29, 1.82) is 0 Å². The lowest BCUT2D eigenvalue weighted by Gasteiger charge is -2.10. The summed E-state index contributed by atoms with van der Waals surface area (Å²) < 4.78 is 1.79. The largest absolute Gasteiger partial charge is 0.325 e. The van der Waals surface area contributed by atoms with E-state index >= 15 is 0 Å². The van der Waals surface area contributed by atoms with Crippen molar-refractivity contribution in [2.45, 2.75) is 38.3 Å². The lowest BCUT2D eigenvalue weighted by Crippen LogP contribution is -2.15. The number of amides is 1. The molecule has 136 valence electrons. The van der Waals surface area contributed by atoms with Crippen LogP contribution in [-0.2, 0) is 11.2 Å². The standard InChI is InChI=1S/C18H21N5O2S/c1-4-12-5-7-13(8-6-12)19-16(25)10-26-18-22-21-17-20-15(24)9-14(11(2)3)23(17)18/h5-9,11H,4,10H2,1-3H3,(H,19,25)(H,20,21,24). The normalized spacial score (nSPS) is 11.2. The number of H-pyrrole nitrogens is 1. The van der Waals surface area contributed by atoms with E-state index in [-0.39, 0.29) is 23.1 Å². The summed E-state index contributed by atoms with van der Waals surface area (Å²) in [5.74, 6) is 0.597. The summed E-state index contributed by atoms with van der Waals surface area (Å²) >= 11 is 1.28. The molecule has 1 aromatic carbocycles. The highest BCUT2D eigenvalue weighted by atomic mass is 32.2. The number of fused-ring (bicyclic) bond motifs is 1. The fourth-order valence-electron chi connectivity index (χ4n) is 2.60. The van der Waals surface area contributed by atoms with Crippen molar-refractivity contribution in [3.05, 3.63) is 51.9 Å². The van der Waals surface area contributed by atoms with Gasteiger partial charge in [-0.3, -0.25) is 19.0 Å². The average molecular weight is 371 g/mol. The molecule has 0 fully saturated rings. The molecule has 7 nitrogen and oxygen atoms in total. The number of carbonyl (C=O) groups excluding carboxylic acids is 1. The van der Waals surface area contributed by atoms with Gasteiger partial charge in [-0.2, -0.15) is 0 Å². The van der Waals surface area contributed by atoms with Crippen molar-refractivity contribution in [1.82, 2.24) is 19.6 Å². The van der Waals surface area contributed by atoms with Crippen LogP contribution in [0.25, 0.3) is 5.78 Å². The first-order valence-corrected chi connectivity index (χ1v) is 9.46. The van der Waals surface area contributed by atoms with Crippen LogP contribution < -0.4 is 10.9 Å². The smallest absolute Gasteiger partial charge is 0.252 e. The number of nitrogens with zero attached hydrogens (tertiary/aromatic N) is 3. The van der Waals surface area contributed by atoms with Gasteiger partial charge in [0.15, 0.2) is 5.16 Å². The Balaban J connectivity index is 1.73. The molecule has 2 heterocycles. The van der Waals surface area contributed by atoms with E-state index in [1.54, 1.807) is 10.5 Å². The van der Waals surface area contributed by atoms with E-state index < -0.39 is 0 Å². The molecule has 2 N–H and O–H groups in total. The lowest BCUT2D eigenvalue weighted by atomic mass is 10.1. The van der Waals surface area contributed by atoms with E-state index in [9.17, 15) is 9.59 Å². The molecule has 0 saturated carbocycles. The number of carbonyl (C=O) groups is 1. The molecule has 8 heteroatoms. The summed E-state index contributed by atoms with van der Waals surface area (Å²) in [6.07, 6.45) is 0.963. The fraction of sp³-hybridized carbons (Fsp3) is 0.333. The molecule has 3 aromatic rings. The monoisotopic (exact) mass is 371 g/mol. The van der Waals surface area contributed by atoms with Crippen molar-refractivity contribution in [2.24, 2.45) is 0 Å². The van der Waals surface area contributed by atoms with Gasteiger partial charge in [-0.1, -0.05) is 44.7 Å². The minimum absolute atomic E-state index is 0.119. The Bertz CT molecular complexity index is 975. The van der Waals surface area contributed by atoms with Crippen LogP contribution >= 0.6 is 11.8 Å². The van der Waals surface area contributed by atoms with Crippen molar-refractivity contribution in [3.63, 3.8) is 0 Å². The number of aromatic amines is 1. The highest BCUT2D eigenvalue weighted by molar-refractivity contribution is 7.99. The molecule has 0 radical (unpaired) electrons. The van der Waals surface area contributed by atoms with Crippen molar-refractivity contribution in [3.8, 4) is 0 Å². The maximum atomic E-state index is 12.2. The van der Waals surface area contributed by atoms with E-state index in [0.717, 1.165) is 17.8 Å². The van der Waals surface area contributed by atoms with Gasteiger partial charge in [-0.25, -0.2) is 0 Å². The molecule has 0 unspecified atom stereocenters. The number of benzene rings is 1.